The highest BCUT2D eigenvalue weighted by molar-refractivity contribution is 7.92. The van der Waals surface area contributed by atoms with Gasteiger partial charge in [0.15, 0.2) is 0 Å². The normalized spacial score (nSPS) is 17.1. The zero-order valence-electron chi connectivity index (χ0n) is 15.7. The van der Waals surface area contributed by atoms with Gasteiger partial charge in [-0.3, -0.25) is 14.4 Å². The van der Waals surface area contributed by atoms with Gasteiger partial charge in [0, 0.05) is 36.9 Å². The number of anilines is 1. The van der Waals surface area contributed by atoms with Crippen LogP contribution in [0.3, 0.4) is 0 Å². The van der Waals surface area contributed by atoms with E-state index in [0.29, 0.717) is 23.7 Å². The third kappa shape index (κ3) is 6.93. The summed E-state index contributed by atoms with van der Waals surface area (Å²) in [4.78, 5) is 14.8. The van der Waals surface area contributed by atoms with E-state index in [1.54, 1.807) is 24.3 Å². The van der Waals surface area contributed by atoms with E-state index in [9.17, 15) is 13.2 Å². The van der Waals surface area contributed by atoms with E-state index in [-0.39, 0.29) is 11.9 Å². The Morgan fingerprint density at radius 3 is 2.35 bits per heavy atom. The van der Waals surface area contributed by atoms with E-state index in [1.807, 2.05) is 0 Å². The molecular weight excluding hydrogens is 354 g/mol. The molecule has 1 amide bonds. The highest BCUT2D eigenvalue weighted by Crippen LogP contribution is 2.14. The van der Waals surface area contributed by atoms with Crippen molar-refractivity contribution in [2.75, 3.05) is 43.8 Å². The number of ether oxygens (including phenoxy) is 1. The third-order valence-electron chi connectivity index (χ3n) is 4.25. The average Bonchev–Trinajstić information content (AvgIpc) is 2.58. The average molecular weight is 384 g/mol. The monoisotopic (exact) mass is 383 g/mol. The van der Waals surface area contributed by atoms with Gasteiger partial charge >= 0.3 is 0 Å². The molecule has 146 valence electrons. The van der Waals surface area contributed by atoms with Crippen LogP contribution in [0, 0.1) is 5.92 Å². The summed E-state index contributed by atoms with van der Waals surface area (Å²) < 4.78 is 30.3. The van der Waals surface area contributed by atoms with Gasteiger partial charge in [-0.2, -0.15) is 0 Å². The first kappa shape index (κ1) is 20.7. The lowest BCUT2D eigenvalue weighted by atomic mass is 10.0. The number of rotatable bonds is 8. The lowest BCUT2D eigenvalue weighted by Crippen LogP contribution is -2.49. The van der Waals surface area contributed by atoms with Crippen LogP contribution in [0.25, 0.3) is 0 Å². The summed E-state index contributed by atoms with van der Waals surface area (Å²) in [6.07, 6.45) is 2.10. The summed E-state index contributed by atoms with van der Waals surface area (Å²) in [7, 11) is -3.32. The number of sulfonamides is 1. The summed E-state index contributed by atoms with van der Waals surface area (Å²) in [6.45, 7) is 8.19. The van der Waals surface area contributed by atoms with Crippen LogP contribution < -0.4 is 10.0 Å². The molecule has 0 spiro atoms. The number of hydrogen-bond acceptors (Lipinski definition) is 5. The third-order valence-corrected chi connectivity index (χ3v) is 4.86. The Bertz CT molecular complexity index is 683. The van der Waals surface area contributed by atoms with Crippen LogP contribution in [-0.2, 0) is 14.8 Å². The van der Waals surface area contributed by atoms with Crippen LogP contribution in [0.5, 0.6) is 0 Å². The van der Waals surface area contributed by atoms with E-state index >= 15 is 0 Å². The Kier molecular flexibility index (Phi) is 7.43. The molecule has 1 saturated heterocycles. The van der Waals surface area contributed by atoms with Gasteiger partial charge in [0.25, 0.3) is 5.91 Å². The fraction of sp³-hybridized carbons (Fsp3) is 0.611. The molecule has 2 N–H and O–H groups in total. The second-order valence-corrected chi connectivity index (χ2v) is 8.84. The minimum Gasteiger partial charge on any atom is -0.379 e. The maximum atomic E-state index is 12.4. The Labute approximate surface area is 156 Å². The van der Waals surface area contributed by atoms with Gasteiger partial charge in [0.2, 0.25) is 10.0 Å². The van der Waals surface area contributed by atoms with Crippen LogP contribution >= 0.6 is 0 Å². The Morgan fingerprint density at radius 1 is 1.19 bits per heavy atom. The fourth-order valence-electron chi connectivity index (χ4n) is 3.06. The summed E-state index contributed by atoms with van der Waals surface area (Å²) in [5, 5.41) is 3.01. The predicted octanol–water partition coefficient (Wildman–Crippen LogP) is 1.53. The lowest BCUT2D eigenvalue weighted by molar-refractivity contribution is 0.0124. The molecule has 2 rings (SSSR count). The molecule has 0 aromatic heterocycles. The lowest BCUT2D eigenvalue weighted by Gasteiger charge is -2.35. The highest BCUT2D eigenvalue weighted by atomic mass is 32.2. The van der Waals surface area contributed by atoms with Crippen molar-refractivity contribution < 1.29 is 17.9 Å². The molecule has 1 aromatic rings. The molecule has 1 fully saturated rings. The van der Waals surface area contributed by atoms with Crippen LogP contribution in [0.4, 0.5) is 5.69 Å². The van der Waals surface area contributed by atoms with Crippen LogP contribution in [0.15, 0.2) is 24.3 Å². The number of nitrogens with one attached hydrogen (secondary N) is 2. The van der Waals surface area contributed by atoms with Crippen LogP contribution in [-0.4, -0.2) is 64.4 Å². The van der Waals surface area contributed by atoms with Crippen LogP contribution in [0.2, 0.25) is 0 Å². The maximum Gasteiger partial charge on any atom is 0.251 e. The van der Waals surface area contributed by atoms with Gasteiger partial charge in [-0.15, -0.1) is 0 Å². The van der Waals surface area contributed by atoms with Crippen LogP contribution in [0.1, 0.15) is 30.6 Å². The first-order valence-electron chi connectivity index (χ1n) is 8.92. The van der Waals surface area contributed by atoms with Crippen molar-refractivity contribution in [3.8, 4) is 0 Å². The molecule has 26 heavy (non-hydrogen) atoms. The summed E-state index contributed by atoms with van der Waals surface area (Å²) >= 11 is 0. The molecule has 0 bridgehead atoms. The molecule has 1 atom stereocenters. The first-order valence-corrected chi connectivity index (χ1v) is 10.8. The molecule has 1 unspecified atom stereocenters. The summed E-state index contributed by atoms with van der Waals surface area (Å²) in [5.41, 5.74) is 0.948. The number of hydrogen-bond donors (Lipinski definition) is 2. The molecule has 1 aromatic carbocycles. The Hall–Kier alpha value is -1.64. The van der Waals surface area contributed by atoms with E-state index in [2.05, 4.69) is 28.8 Å². The molecule has 1 aliphatic heterocycles. The van der Waals surface area contributed by atoms with Crippen molar-refractivity contribution in [2.45, 2.75) is 26.3 Å². The number of carbonyl (C=O) groups excluding carboxylic acids is 1. The van der Waals surface area contributed by atoms with Crippen molar-refractivity contribution >= 4 is 21.6 Å². The Morgan fingerprint density at radius 2 is 1.81 bits per heavy atom. The summed E-state index contributed by atoms with van der Waals surface area (Å²) in [5.74, 6) is 0.388. The SMILES string of the molecule is CC(C)CC(CNC(=O)c1ccc(NS(C)(=O)=O)cc1)N1CCOCC1. The number of amides is 1. The van der Waals surface area contributed by atoms with Crippen molar-refractivity contribution in [1.29, 1.82) is 0 Å². The Balaban J connectivity index is 1.94. The molecule has 0 radical (unpaired) electrons. The molecule has 0 saturated carbocycles. The number of carbonyl (C=O) groups is 1. The fourth-order valence-corrected chi connectivity index (χ4v) is 3.63. The van der Waals surface area contributed by atoms with Gasteiger partial charge in [-0.05, 0) is 36.6 Å². The molecule has 7 nitrogen and oxygen atoms in total. The van der Waals surface area contributed by atoms with Crippen molar-refractivity contribution in [3.63, 3.8) is 0 Å². The van der Waals surface area contributed by atoms with Crippen molar-refractivity contribution in [2.24, 2.45) is 5.92 Å². The van der Waals surface area contributed by atoms with E-state index < -0.39 is 10.0 Å². The topological polar surface area (TPSA) is 87.7 Å². The highest BCUT2D eigenvalue weighted by Gasteiger charge is 2.22. The van der Waals surface area contributed by atoms with Gasteiger partial charge in [-0.1, -0.05) is 13.8 Å². The zero-order valence-corrected chi connectivity index (χ0v) is 16.5. The van der Waals surface area contributed by atoms with E-state index in [0.717, 1.165) is 39.0 Å². The van der Waals surface area contributed by atoms with E-state index in [4.69, 9.17) is 4.74 Å². The number of benzene rings is 1. The van der Waals surface area contributed by atoms with Gasteiger partial charge in [0.1, 0.15) is 0 Å². The van der Waals surface area contributed by atoms with Crippen molar-refractivity contribution in [3.05, 3.63) is 29.8 Å². The maximum absolute atomic E-state index is 12.4. The van der Waals surface area contributed by atoms with Gasteiger partial charge in [0.05, 0.1) is 19.5 Å². The molecular formula is C18H29N3O4S. The minimum atomic E-state index is -3.32. The predicted molar refractivity (Wildman–Crippen MR) is 103 cm³/mol. The second-order valence-electron chi connectivity index (χ2n) is 7.09. The smallest absolute Gasteiger partial charge is 0.251 e. The van der Waals surface area contributed by atoms with Crippen molar-refractivity contribution in [1.82, 2.24) is 10.2 Å². The largest absolute Gasteiger partial charge is 0.379 e. The molecule has 0 aliphatic carbocycles. The second kappa shape index (κ2) is 9.34. The van der Waals surface area contributed by atoms with Gasteiger partial charge < -0.3 is 10.1 Å². The molecule has 1 aliphatic rings. The standard InChI is InChI=1S/C18H29N3O4S/c1-14(2)12-17(21-8-10-25-11-9-21)13-19-18(22)15-4-6-16(7-5-15)20-26(3,23)24/h4-7,14,17,20H,8-13H2,1-3H3,(H,19,22). The number of morpholine rings is 1. The minimum absolute atomic E-state index is 0.155. The molecule has 8 heteroatoms. The number of nitrogens with zero attached hydrogens (tertiary/aromatic N) is 1. The van der Waals surface area contributed by atoms with E-state index in [1.165, 1.54) is 0 Å². The zero-order chi connectivity index (χ0) is 19.2. The quantitative estimate of drug-likeness (QED) is 0.711. The van der Waals surface area contributed by atoms with Gasteiger partial charge in [-0.25, -0.2) is 8.42 Å². The molecule has 1 heterocycles. The first-order chi connectivity index (χ1) is 12.2. The summed E-state index contributed by atoms with van der Waals surface area (Å²) in [6, 6.07) is 6.70.